The Hall–Kier alpha value is -4.99. The fourth-order valence-electron chi connectivity index (χ4n) is 5.02. The molecule has 0 aliphatic carbocycles. The maximum absolute atomic E-state index is 9.69. The van der Waals surface area contributed by atoms with Crippen molar-refractivity contribution in [1.29, 1.82) is 0 Å². The SMILES string of the molecule is C=CC(C)=O.CCCCCN1CC(C)COc2cc3ncnc(Nc4ccc(Oc5ccn6ncnc6c5)c(C)c4)c3cc21. The first-order chi connectivity index (χ1) is 21.3. The minimum atomic E-state index is 0.0185. The highest BCUT2D eigenvalue weighted by atomic mass is 16.5. The third-order valence-corrected chi connectivity index (χ3v) is 7.35. The number of ketones is 1. The predicted octanol–water partition coefficient (Wildman–Crippen LogP) is 7.30. The molecule has 0 amide bonds. The maximum Gasteiger partial charge on any atom is 0.158 e. The second kappa shape index (κ2) is 14.0. The summed E-state index contributed by atoms with van der Waals surface area (Å²) in [6.07, 6.45) is 9.82. The predicted molar refractivity (Wildman–Crippen MR) is 174 cm³/mol. The summed E-state index contributed by atoms with van der Waals surface area (Å²) in [4.78, 5) is 25.5. The van der Waals surface area contributed by atoms with Gasteiger partial charge in [-0.2, -0.15) is 5.10 Å². The fraction of sp³-hybridized carbons (Fsp3) is 0.324. The standard InChI is InChI=1S/C30H33N7O2.C4H6O/c1-4-5-6-10-36-16-20(2)17-38-28-15-25-24(14-26(28)36)30(33-18-31-25)35-22-7-8-27(21(3)12-22)39-23-9-11-37-29(13-23)32-19-34-37;1-3-4(2)5/h7-9,11-15,18-20H,4-6,10,16-17H2,1-3H3,(H,31,33,35);3H,1H2,2H3. The number of aryl methyl sites for hydroxylation is 1. The van der Waals surface area contributed by atoms with Crippen LogP contribution in [0.1, 0.15) is 45.6 Å². The van der Waals surface area contributed by atoms with Gasteiger partial charge in [-0.25, -0.2) is 19.5 Å². The number of nitrogens with zero attached hydrogens (tertiary/aromatic N) is 6. The number of ether oxygens (including phenoxy) is 2. The number of hydrogen-bond acceptors (Lipinski definition) is 9. The normalized spacial score (nSPS) is 14.2. The molecule has 1 N–H and O–H groups in total. The Morgan fingerprint density at radius 2 is 1.98 bits per heavy atom. The molecule has 0 radical (unpaired) electrons. The largest absolute Gasteiger partial charge is 0.491 e. The Labute approximate surface area is 257 Å². The number of carbonyl (C=O) groups excluding carboxylic acids is 1. The Balaban J connectivity index is 0.000000712. The minimum Gasteiger partial charge on any atom is -0.491 e. The van der Waals surface area contributed by atoms with E-state index in [4.69, 9.17) is 9.47 Å². The summed E-state index contributed by atoms with van der Waals surface area (Å²) in [6, 6.07) is 14.0. The molecule has 0 fully saturated rings. The zero-order chi connectivity index (χ0) is 31.1. The number of unbranched alkanes of at least 4 members (excludes halogenated alkanes) is 2. The van der Waals surface area contributed by atoms with Gasteiger partial charge in [0, 0.05) is 48.4 Å². The lowest BCUT2D eigenvalue weighted by molar-refractivity contribution is -0.112. The van der Waals surface area contributed by atoms with E-state index in [1.807, 2.05) is 37.4 Å². The summed E-state index contributed by atoms with van der Waals surface area (Å²) in [5, 5.41) is 8.61. The summed E-state index contributed by atoms with van der Waals surface area (Å²) < 4.78 is 14.1. The molecule has 44 heavy (non-hydrogen) atoms. The second-order valence-electron chi connectivity index (χ2n) is 11.1. The van der Waals surface area contributed by atoms with Crippen molar-refractivity contribution in [3.05, 3.63) is 79.5 Å². The van der Waals surface area contributed by atoms with Crippen LogP contribution in [0.15, 0.2) is 74.0 Å². The van der Waals surface area contributed by atoms with Crippen LogP contribution in [-0.4, -0.2) is 50.0 Å². The molecular weight excluding hydrogens is 554 g/mol. The number of nitrogens with one attached hydrogen (secondary N) is 1. The van der Waals surface area contributed by atoms with Crippen molar-refractivity contribution in [3.63, 3.8) is 0 Å². The zero-order valence-electron chi connectivity index (χ0n) is 25.8. The second-order valence-corrected chi connectivity index (χ2v) is 11.1. The van der Waals surface area contributed by atoms with E-state index in [0.29, 0.717) is 18.3 Å². The summed E-state index contributed by atoms with van der Waals surface area (Å²) in [7, 11) is 0. The van der Waals surface area contributed by atoms with Crippen LogP contribution in [0.2, 0.25) is 0 Å². The average molecular weight is 594 g/mol. The molecule has 1 unspecified atom stereocenters. The molecule has 2 aromatic carbocycles. The highest BCUT2D eigenvalue weighted by Gasteiger charge is 2.22. The van der Waals surface area contributed by atoms with Crippen LogP contribution >= 0.6 is 0 Å². The van der Waals surface area contributed by atoms with Crippen molar-refractivity contribution in [2.45, 2.75) is 47.0 Å². The number of aromatic nitrogens is 5. The van der Waals surface area contributed by atoms with Crippen molar-refractivity contribution in [2.75, 3.05) is 29.9 Å². The van der Waals surface area contributed by atoms with E-state index in [2.05, 4.69) is 68.9 Å². The number of fused-ring (bicyclic) bond motifs is 3. The fourth-order valence-corrected chi connectivity index (χ4v) is 5.02. The first-order valence-electron chi connectivity index (χ1n) is 15.0. The van der Waals surface area contributed by atoms with E-state index in [1.165, 1.54) is 32.2 Å². The lowest BCUT2D eigenvalue weighted by Gasteiger charge is -2.26. The van der Waals surface area contributed by atoms with E-state index < -0.39 is 0 Å². The van der Waals surface area contributed by atoms with Gasteiger partial charge in [0.1, 0.15) is 35.7 Å². The molecule has 0 spiro atoms. The Kier molecular flexibility index (Phi) is 9.69. The van der Waals surface area contributed by atoms with Gasteiger partial charge in [0.2, 0.25) is 0 Å². The average Bonchev–Trinajstić information content (AvgIpc) is 3.43. The minimum absolute atomic E-state index is 0.0185. The molecule has 6 rings (SSSR count). The monoisotopic (exact) mass is 593 g/mol. The van der Waals surface area contributed by atoms with Crippen LogP contribution < -0.4 is 19.7 Å². The number of pyridine rings is 1. The van der Waals surface area contributed by atoms with Crippen LogP contribution in [0.25, 0.3) is 16.6 Å². The lowest BCUT2D eigenvalue weighted by Crippen LogP contribution is -2.29. The summed E-state index contributed by atoms with van der Waals surface area (Å²) in [5.74, 6) is 3.62. The topological polar surface area (TPSA) is 107 Å². The van der Waals surface area contributed by atoms with Crippen LogP contribution in [0, 0.1) is 12.8 Å². The van der Waals surface area contributed by atoms with Crippen molar-refractivity contribution >= 4 is 39.5 Å². The molecule has 0 saturated carbocycles. The van der Waals surface area contributed by atoms with Gasteiger partial charge in [-0.15, -0.1) is 0 Å². The molecule has 10 heteroatoms. The van der Waals surface area contributed by atoms with Crippen molar-refractivity contribution in [2.24, 2.45) is 5.92 Å². The third-order valence-electron chi connectivity index (χ3n) is 7.35. The molecule has 5 aromatic rings. The highest BCUT2D eigenvalue weighted by Crippen LogP contribution is 2.38. The Morgan fingerprint density at radius 3 is 2.75 bits per heavy atom. The van der Waals surface area contributed by atoms with Gasteiger partial charge in [0.25, 0.3) is 0 Å². The van der Waals surface area contributed by atoms with Gasteiger partial charge in [0.15, 0.2) is 11.4 Å². The first-order valence-corrected chi connectivity index (χ1v) is 15.0. The van der Waals surface area contributed by atoms with E-state index in [0.717, 1.165) is 70.3 Å². The molecule has 3 aromatic heterocycles. The summed E-state index contributed by atoms with van der Waals surface area (Å²) in [6.45, 7) is 13.9. The molecule has 1 atom stereocenters. The molecule has 0 saturated heterocycles. The Morgan fingerprint density at radius 1 is 1.14 bits per heavy atom. The molecule has 228 valence electrons. The van der Waals surface area contributed by atoms with Crippen LogP contribution in [-0.2, 0) is 4.79 Å². The van der Waals surface area contributed by atoms with Gasteiger partial charge in [-0.3, -0.25) is 4.79 Å². The van der Waals surface area contributed by atoms with E-state index in [-0.39, 0.29) is 5.78 Å². The van der Waals surface area contributed by atoms with Crippen LogP contribution in [0.4, 0.5) is 17.2 Å². The molecule has 0 bridgehead atoms. The lowest BCUT2D eigenvalue weighted by atomic mass is 10.1. The number of benzene rings is 2. The highest BCUT2D eigenvalue weighted by molar-refractivity contribution is 5.95. The molecule has 4 heterocycles. The van der Waals surface area contributed by atoms with Crippen molar-refractivity contribution in [1.82, 2.24) is 24.6 Å². The smallest absolute Gasteiger partial charge is 0.158 e. The molecular formula is C34H39N7O3. The third kappa shape index (κ3) is 7.31. The van der Waals surface area contributed by atoms with Crippen LogP contribution in [0.3, 0.4) is 0 Å². The number of hydrogen-bond donors (Lipinski definition) is 1. The van der Waals surface area contributed by atoms with Gasteiger partial charge in [0.05, 0.1) is 17.8 Å². The first kappa shape index (κ1) is 30.5. The molecule has 1 aliphatic heterocycles. The summed E-state index contributed by atoms with van der Waals surface area (Å²) in [5.41, 5.74) is 4.63. The van der Waals surface area contributed by atoms with E-state index >= 15 is 0 Å². The molecule has 1 aliphatic rings. The maximum atomic E-state index is 9.69. The van der Waals surface area contributed by atoms with Crippen molar-refractivity contribution in [3.8, 4) is 17.2 Å². The Bertz CT molecular complexity index is 1770. The van der Waals surface area contributed by atoms with Gasteiger partial charge >= 0.3 is 0 Å². The number of carbonyl (C=O) groups is 1. The van der Waals surface area contributed by atoms with Crippen LogP contribution in [0.5, 0.6) is 17.2 Å². The number of rotatable bonds is 9. The van der Waals surface area contributed by atoms with Crippen molar-refractivity contribution < 1.29 is 14.3 Å². The number of allylic oxidation sites excluding steroid dienone is 1. The zero-order valence-corrected chi connectivity index (χ0v) is 25.8. The van der Waals surface area contributed by atoms with E-state index in [9.17, 15) is 4.79 Å². The number of anilines is 3. The summed E-state index contributed by atoms with van der Waals surface area (Å²) >= 11 is 0. The molecule has 10 nitrogen and oxygen atoms in total. The van der Waals surface area contributed by atoms with Gasteiger partial charge < -0.3 is 19.7 Å². The van der Waals surface area contributed by atoms with Gasteiger partial charge in [-0.1, -0.05) is 33.3 Å². The van der Waals surface area contributed by atoms with E-state index in [1.54, 1.807) is 10.8 Å². The van der Waals surface area contributed by atoms with Gasteiger partial charge in [-0.05, 0) is 62.2 Å². The quantitative estimate of drug-likeness (QED) is 0.139.